The van der Waals surface area contributed by atoms with E-state index in [0.717, 1.165) is 62.5 Å². The van der Waals surface area contributed by atoms with Gasteiger partial charge in [0.1, 0.15) is 0 Å². The molecule has 6 heteroatoms. The van der Waals surface area contributed by atoms with Crippen LogP contribution in [0.3, 0.4) is 0 Å². The van der Waals surface area contributed by atoms with Gasteiger partial charge in [0.2, 0.25) is 0 Å². The lowest BCUT2D eigenvalue weighted by molar-refractivity contribution is -0.250. The number of hydrogen-bond donors (Lipinski definition) is 4. The summed E-state index contributed by atoms with van der Waals surface area (Å²) in [5.74, 6) is 2.88. The predicted octanol–water partition coefficient (Wildman–Crippen LogP) is 8.77. The number of aromatic hydroxyl groups is 2. The molecular weight excluding hydrogens is 610 g/mol. The van der Waals surface area contributed by atoms with Crippen molar-refractivity contribution in [1.82, 2.24) is 5.32 Å². The number of nitrogens with one attached hydrogen (secondary N) is 1. The topological polar surface area (TPSA) is 91.2 Å². The first-order valence-electron chi connectivity index (χ1n) is 20.0. The second-order valence-electron chi connectivity index (χ2n) is 19.1. The molecule has 5 aliphatic carbocycles. The minimum absolute atomic E-state index is 0.0345. The molecule has 1 aliphatic heterocycles. The molecule has 1 aromatic carbocycles. The molecule has 0 radical (unpaired) electrons. The van der Waals surface area contributed by atoms with E-state index in [1.807, 2.05) is 6.07 Å². The van der Waals surface area contributed by atoms with Crippen LogP contribution in [-0.4, -0.2) is 54.0 Å². The van der Waals surface area contributed by atoms with Crippen molar-refractivity contribution in [2.24, 2.45) is 56.7 Å². The molecule has 0 spiro atoms. The number of phenols is 2. The molecule has 1 heterocycles. The largest absolute Gasteiger partial charge is 0.504 e. The Morgan fingerprint density at radius 1 is 0.878 bits per heavy atom. The van der Waals surface area contributed by atoms with Crippen molar-refractivity contribution < 1.29 is 24.8 Å². The average Bonchev–Trinajstić information content (AvgIpc) is 3.46. The summed E-state index contributed by atoms with van der Waals surface area (Å²) in [5, 5.41) is 34.1. The standard InChI is InChI=1S/C43H67NO5/c1-28(26-45)30-14-20-43(27-49-37-9-7-8-24-48-37)22-21-41(5)31(38(30)43)11-13-35-40(4)18-16-36(39(2,3)34(40)15-19-42(35,41)6)44-23-17-29-10-12-32(46)33(47)25-29/h10,12,25,30-31,34-38,44-47H,1,7-9,11,13-24,26-27H2,2-6H3/t30-,31+,34-,35+,36?,37?,38+,40-,41+,42+,43+/m0/s1. The van der Waals surface area contributed by atoms with E-state index in [1.165, 1.54) is 64.2 Å². The van der Waals surface area contributed by atoms with Gasteiger partial charge >= 0.3 is 0 Å². The number of aliphatic hydroxyl groups excluding tert-OH is 1. The Bertz CT molecular complexity index is 1370. The van der Waals surface area contributed by atoms with E-state index >= 15 is 0 Å². The molecule has 11 atom stereocenters. The number of benzene rings is 1. The molecule has 6 nitrogen and oxygen atoms in total. The van der Waals surface area contributed by atoms with Gasteiger partial charge in [0.05, 0.1) is 13.2 Å². The van der Waals surface area contributed by atoms with E-state index in [4.69, 9.17) is 9.47 Å². The number of fused-ring (bicyclic) bond motifs is 7. The second kappa shape index (κ2) is 13.1. The fourth-order valence-corrected chi connectivity index (χ4v) is 14.1. The summed E-state index contributed by atoms with van der Waals surface area (Å²) in [6.45, 7) is 20.3. The van der Waals surface area contributed by atoms with Crippen molar-refractivity contribution >= 4 is 0 Å². The van der Waals surface area contributed by atoms with Crippen molar-refractivity contribution in [1.29, 1.82) is 0 Å². The lowest BCUT2D eigenvalue weighted by atomic mass is 9.32. The monoisotopic (exact) mass is 678 g/mol. The van der Waals surface area contributed by atoms with Crippen molar-refractivity contribution in [2.45, 2.75) is 137 Å². The van der Waals surface area contributed by atoms with Crippen molar-refractivity contribution in [2.75, 3.05) is 26.4 Å². The number of rotatable bonds is 9. The van der Waals surface area contributed by atoms with Crippen molar-refractivity contribution in [3.05, 3.63) is 35.9 Å². The van der Waals surface area contributed by atoms with Crippen LogP contribution < -0.4 is 5.32 Å². The first kappa shape index (κ1) is 35.8. The molecule has 49 heavy (non-hydrogen) atoms. The number of ether oxygens (including phenoxy) is 2. The Kier molecular flexibility index (Phi) is 9.58. The third-order valence-electron chi connectivity index (χ3n) is 16.9. The minimum Gasteiger partial charge on any atom is -0.504 e. The Morgan fingerprint density at radius 2 is 1.69 bits per heavy atom. The Morgan fingerprint density at radius 3 is 2.43 bits per heavy atom. The van der Waals surface area contributed by atoms with Gasteiger partial charge in [-0.2, -0.15) is 0 Å². The summed E-state index contributed by atoms with van der Waals surface area (Å²) < 4.78 is 12.7. The van der Waals surface area contributed by atoms with Gasteiger partial charge in [-0.3, -0.25) is 0 Å². The van der Waals surface area contributed by atoms with Crippen LogP contribution in [-0.2, 0) is 15.9 Å². The number of aliphatic hydroxyl groups is 1. The number of phenolic OH excluding ortho intramolecular Hbond substituents is 2. The zero-order valence-electron chi connectivity index (χ0n) is 31.4. The Hall–Kier alpha value is -1.60. The molecule has 0 aromatic heterocycles. The quantitative estimate of drug-likeness (QED) is 0.154. The van der Waals surface area contributed by atoms with E-state index < -0.39 is 0 Å². The molecule has 1 saturated heterocycles. The van der Waals surface area contributed by atoms with E-state index in [1.54, 1.807) is 12.1 Å². The maximum Gasteiger partial charge on any atom is 0.157 e. The van der Waals surface area contributed by atoms with E-state index in [9.17, 15) is 15.3 Å². The molecule has 1 aromatic rings. The SMILES string of the molecule is C=C(CO)[C@@H]1CC[C@]2(COC3CCCCO3)CC[C@]3(C)[C@H](CC[C@@H]4[C@@]5(C)CCC(NCCc6ccc(O)c(O)c6)C(C)(C)[C@@H]5CC[C@]43C)[C@@H]12. The summed E-state index contributed by atoms with van der Waals surface area (Å²) in [6, 6.07) is 5.68. The van der Waals surface area contributed by atoms with Crippen molar-refractivity contribution in [3.8, 4) is 11.5 Å². The third kappa shape index (κ3) is 5.73. The highest BCUT2D eigenvalue weighted by atomic mass is 16.7. The molecule has 0 bridgehead atoms. The van der Waals surface area contributed by atoms with Crippen LogP contribution in [0.5, 0.6) is 11.5 Å². The van der Waals surface area contributed by atoms with Crippen molar-refractivity contribution in [3.63, 3.8) is 0 Å². The maximum absolute atomic E-state index is 10.4. The summed E-state index contributed by atoms with van der Waals surface area (Å²) in [7, 11) is 0. The second-order valence-corrected chi connectivity index (χ2v) is 19.1. The highest BCUT2D eigenvalue weighted by Crippen LogP contribution is 2.77. The van der Waals surface area contributed by atoms with E-state index in [-0.39, 0.29) is 40.6 Å². The van der Waals surface area contributed by atoms with Crippen LogP contribution in [0.4, 0.5) is 0 Å². The fraction of sp³-hybridized carbons (Fsp3) is 0.814. The summed E-state index contributed by atoms with van der Waals surface area (Å²) in [4.78, 5) is 0. The van der Waals surface area contributed by atoms with Crippen LogP contribution in [0.15, 0.2) is 30.4 Å². The number of hydrogen-bond acceptors (Lipinski definition) is 6. The summed E-state index contributed by atoms with van der Waals surface area (Å²) in [5.41, 5.74) is 3.37. The van der Waals surface area contributed by atoms with Crippen LogP contribution in [0.2, 0.25) is 0 Å². The minimum atomic E-state index is -0.0541. The van der Waals surface area contributed by atoms with Gasteiger partial charge in [-0.1, -0.05) is 47.3 Å². The Balaban J connectivity index is 1.10. The predicted molar refractivity (Wildman–Crippen MR) is 195 cm³/mol. The fourth-order valence-electron chi connectivity index (χ4n) is 14.1. The van der Waals surface area contributed by atoms with Crippen LogP contribution in [0.25, 0.3) is 0 Å². The van der Waals surface area contributed by atoms with Gasteiger partial charge in [0, 0.05) is 12.6 Å². The molecule has 0 amide bonds. The van der Waals surface area contributed by atoms with Crippen LogP contribution in [0.1, 0.15) is 124 Å². The van der Waals surface area contributed by atoms with Crippen LogP contribution in [0, 0.1) is 56.7 Å². The molecule has 4 N–H and O–H groups in total. The molecule has 274 valence electrons. The highest BCUT2D eigenvalue weighted by Gasteiger charge is 2.71. The molecule has 6 fully saturated rings. The molecule has 6 aliphatic rings. The Labute approximate surface area is 296 Å². The zero-order valence-corrected chi connectivity index (χ0v) is 31.4. The summed E-state index contributed by atoms with van der Waals surface area (Å²) in [6.07, 6.45) is 16.7. The zero-order chi connectivity index (χ0) is 34.8. The highest BCUT2D eigenvalue weighted by molar-refractivity contribution is 5.40. The normalized spacial score (nSPS) is 44.3. The lowest BCUT2D eigenvalue weighted by Crippen LogP contribution is -2.67. The lowest BCUT2D eigenvalue weighted by Gasteiger charge is -2.73. The first-order valence-corrected chi connectivity index (χ1v) is 20.0. The molecular formula is C43H67NO5. The van der Waals surface area contributed by atoms with Gasteiger partial charge in [-0.25, -0.2) is 0 Å². The first-order chi connectivity index (χ1) is 23.3. The third-order valence-corrected chi connectivity index (χ3v) is 16.9. The molecule has 2 unspecified atom stereocenters. The smallest absolute Gasteiger partial charge is 0.157 e. The molecule has 7 rings (SSSR count). The van der Waals surface area contributed by atoms with E-state index in [2.05, 4.69) is 46.5 Å². The van der Waals surface area contributed by atoms with Gasteiger partial charge in [-0.15, -0.1) is 0 Å². The maximum atomic E-state index is 10.4. The average molecular weight is 678 g/mol. The van der Waals surface area contributed by atoms with Gasteiger partial charge < -0.3 is 30.1 Å². The van der Waals surface area contributed by atoms with E-state index in [0.29, 0.717) is 40.5 Å². The van der Waals surface area contributed by atoms with Crippen LogP contribution >= 0.6 is 0 Å². The van der Waals surface area contributed by atoms with Gasteiger partial charge in [-0.05, 0) is 176 Å². The van der Waals surface area contributed by atoms with Gasteiger partial charge in [0.25, 0.3) is 0 Å². The summed E-state index contributed by atoms with van der Waals surface area (Å²) >= 11 is 0. The van der Waals surface area contributed by atoms with Gasteiger partial charge in [0.15, 0.2) is 17.8 Å². The molecule has 5 saturated carbocycles.